The van der Waals surface area contributed by atoms with E-state index >= 15 is 0 Å². The summed E-state index contributed by atoms with van der Waals surface area (Å²) in [6.07, 6.45) is 4.72. The molecule has 0 aliphatic rings. The number of nitrogens with zero attached hydrogens (tertiary/aromatic N) is 3. The van der Waals surface area contributed by atoms with Crippen LogP contribution in [0.1, 0.15) is 25.3 Å². The Balaban J connectivity index is 1.89. The lowest BCUT2D eigenvalue weighted by molar-refractivity contribution is 0.598. The van der Waals surface area contributed by atoms with Crippen LogP contribution in [0.2, 0.25) is 0 Å². The van der Waals surface area contributed by atoms with E-state index in [1.165, 1.54) is 12.1 Å². The second-order valence-electron chi connectivity index (χ2n) is 5.88. The number of rotatable bonds is 9. The minimum Gasteiger partial charge on any atom is -0.370 e. The molecule has 2 aromatic rings. The van der Waals surface area contributed by atoms with Gasteiger partial charge in [-0.3, -0.25) is 0 Å². The molecule has 7 nitrogen and oxygen atoms in total. The Bertz CT molecular complexity index is 778. The van der Waals surface area contributed by atoms with Crippen molar-refractivity contribution < 1.29 is 8.42 Å². The van der Waals surface area contributed by atoms with E-state index < -0.39 is 10.0 Å². The number of primary sulfonamides is 1. The second-order valence-corrected chi connectivity index (χ2v) is 7.44. The van der Waals surface area contributed by atoms with Crippen molar-refractivity contribution in [1.82, 2.24) is 9.97 Å². The molecule has 0 unspecified atom stereocenters. The first kappa shape index (κ1) is 19.1. The van der Waals surface area contributed by atoms with Gasteiger partial charge < -0.3 is 10.2 Å². The van der Waals surface area contributed by atoms with Gasteiger partial charge in [0.1, 0.15) is 5.82 Å². The molecule has 3 N–H and O–H groups in total. The summed E-state index contributed by atoms with van der Waals surface area (Å²) in [5, 5.41) is 8.36. The Morgan fingerprint density at radius 3 is 2.56 bits per heavy atom. The average Bonchev–Trinajstić information content (AvgIpc) is 2.59. The zero-order valence-electron chi connectivity index (χ0n) is 14.6. The first-order chi connectivity index (χ1) is 11.9. The summed E-state index contributed by atoms with van der Waals surface area (Å²) in [6, 6.07) is 8.42. The number of benzene rings is 1. The quantitative estimate of drug-likeness (QED) is 0.707. The zero-order chi connectivity index (χ0) is 18.3. The van der Waals surface area contributed by atoms with Crippen molar-refractivity contribution >= 4 is 21.8 Å². The molecule has 0 bridgehead atoms. The summed E-state index contributed by atoms with van der Waals surface area (Å²) in [7, 11) is -1.65. The van der Waals surface area contributed by atoms with Gasteiger partial charge in [0.2, 0.25) is 16.0 Å². The second kappa shape index (κ2) is 8.77. The highest BCUT2D eigenvalue weighted by molar-refractivity contribution is 7.89. The normalized spacial score (nSPS) is 11.3. The van der Waals surface area contributed by atoms with Gasteiger partial charge in [-0.1, -0.05) is 25.5 Å². The van der Waals surface area contributed by atoms with Crippen LogP contribution in [0, 0.1) is 0 Å². The van der Waals surface area contributed by atoms with Crippen molar-refractivity contribution in [3.8, 4) is 0 Å². The van der Waals surface area contributed by atoms with Crippen LogP contribution in [0.25, 0.3) is 0 Å². The Kier molecular flexibility index (Phi) is 6.72. The third kappa shape index (κ3) is 5.99. The number of unbranched alkanes of at least 4 members (excludes halogenated alkanes) is 1. The van der Waals surface area contributed by atoms with Gasteiger partial charge in [0.15, 0.2) is 0 Å². The fourth-order valence-electron chi connectivity index (χ4n) is 2.31. The molecule has 0 fully saturated rings. The molecule has 0 aliphatic heterocycles. The molecule has 136 valence electrons. The number of nitrogens with one attached hydrogen (secondary N) is 1. The first-order valence-electron chi connectivity index (χ1n) is 8.30. The van der Waals surface area contributed by atoms with Crippen molar-refractivity contribution in [2.75, 3.05) is 30.4 Å². The fourth-order valence-corrected chi connectivity index (χ4v) is 2.82. The zero-order valence-corrected chi connectivity index (χ0v) is 15.5. The Hall–Kier alpha value is -2.19. The molecule has 2 rings (SSSR count). The minimum absolute atomic E-state index is 0.125. The van der Waals surface area contributed by atoms with E-state index in [4.69, 9.17) is 5.14 Å². The topological polar surface area (TPSA) is 101 Å². The highest BCUT2D eigenvalue weighted by Crippen LogP contribution is 2.12. The number of anilines is 2. The molecule has 1 heterocycles. The third-order valence-electron chi connectivity index (χ3n) is 3.80. The molecule has 25 heavy (non-hydrogen) atoms. The largest absolute Gasteiger partial charge is 0.370 e. The summed E-state index contributed by atoms with van der Waals surface area (Å²) in [6.45, 7) is 3.77. The summed E-state index contributed by atoms with van der Waals surface area (Å²) in [5.74, 6) is 1.48. The van der Waals surface area contributed by atoms with E-state index in [1.54, 1.807) is 18.3 Å². The first-order valence-corrected chi connectivity index (χ1v) is 9.84. The summed E-state index contributed by atoms with van der Waals surface area (Å²) >= 11 is 0. The van der Waals surface area contributed by atoms with Gasteiger partial charge in [0.05, 0.1) is 4.90 Å². The SMILES string of the molecule is CCCCN(C)c1nccc(NCCc2ccc(S(N)(=O)=O)cc2)n1. The van der Waals surface area contributed by atoms with Crippen LogP contribution in [-0.4, -0.2) is 38.5 Å². The predicted molar refractivity (Wildman–Crippen MR) is 100 cm³/mol. The molecule has 0 spiro atoms. The van der Waals surface area contributed by atoms with Gasteiger partial charge in [0.25, 0.3) is 0 Å². The molecule has 0 saturated carbocycles. The molecular formula is C17H25N5O2S. The smallest absolute Gasteiger partial charge is 0.238 e. The minimum atomic E-state index is -3.64. The summed E-state index contributed by atoms with van der Waals surface area (Å²) < 4.78 is 22.5. The maximum absolute atomic E-state index is 11.2. The van der Waals surface area contributed by atoms with E-state index in [0.29, 0.717) is 12.5 Å². The van der Waals surface area contributed by atoms with Crippen LogP contribution < -0.4 is 15.4 Å². The summed E-state index contributed by atoms with van der Waals surface area (Å²) in [5.41, 5.74) is 1.02. The predicted octanol–water partition coefficient (Wildman–Crippen LogP) is 2.01. The number of aromatic nitrogens is 2. The van der Waals surface area contributed by atoms with Gasteiger partial charge in [-0.15, -0.1) is 0 Å². The van der Waals surface area contributed by atoms with Crippen LogP contribution >= 0.6 is 0 Å². The van der Waals surface area contributed by atoms with Gasteiger partial charge in [-0.25, -0.2) is 18.5 Å². The molecule has 0 atom stereocenters. The molecule has 8 heteroatoms. The Morgan fingerprint density at radius 2 is 1.92 bits per heavy atom. The van der Waals surface area contributed by atoms with Crippen molar-refractivity contribution in [2.45, 2.75) is 31.1 Å². The van der Waals surface area contributed by atoms with Gasteiger partial charge in [-0.05, 0) is 36.6 Å². The maximum Gasteiger partial charge on any atom is 0.238 e. The molecule has 1 aromatic carbocycles. The van der Waals surface area contributed by atoms with Crippen molar-refractivity contribution in [3.05, 3.63) is 42.1 Å². The van der Waals surface area contributed by atoms with Crippen LogP contribution in [0.15, 0.2) is 41.4 Å². The highest BCUT2D eigenvalue weighted by Gasteiger charge is 2.07. The number of hydrogen-bond acceptors (Lipinski definition) is 6. The van der Waals surface area contributed by atoms with E-state index in [2.05, 4.69) is 22.2 Å². The fraction of sp³-hybridized carbons (Fsp3) is 0.412. The molecular weight excluding hydrogens is 338 g/mol. The van der Waals surface area contributed by atoms with Crippen molar-refractivity contribution in [1.29, 1.82) is 0 Å². The molecule has 1 aromatic heterocycles. The van der Waals surface area contributed by atoms with E-state index in [1.807, 2.05) is 18.0 Å². The lowest BCUT2D eigenvalue weighted by Gasteiger charge is -2.17. The van der Waals surface area contributed by atoms with Gasteiger partial charge in [0, 0.05) is 26.3 Å². The average molecular weight is 363 g/mol. The van der Waals surface area contributed by atoms with Crippen molar-refractivity contribution in [2.24, 2.45) is 5.14 Å². The van der Waals surface area contributed by atoms with E-state index in [9.17, 15) is 8.42 Å². The highest BCUT2D eigenvalue weighted by atomic mass is 32.2. The monoisotopic (exact) mass is 363 g/mol. The Morgan fingerprint density at radius 1 is 1.20 bits per heavy atom. The summed E-state index contributed by atoms with van der Waals surface area (Å²) in [4.78, 5) is 11.0. The number of sulfonamides is 1. The lowest BCUT2D eigenvalue weighted by Crippen LogP contribution is -2.21. The molecule has 0 amide bonds. The third-order valence-corrected chi connectivity index (χ3v) is 4.73. The van der Waals surface area contributed by atoms with E-state index in [-0.39, 0.29) is 4.90 Å². The molecule has 0 radical (unpaired) electrons. The number of hydrogen-bond donors (Lipinski definition) is 2. The maximum atomic E-state index is 11.2. The van der Waals surface area contributed by atoms with Crippen LogP contribution in [0.5, 0.6) is 0 Å². The standard InChI is InChI=1S/C17H25N5O2S/c1-3-4-13-22(2)17-20-12-10-16(21-17)19-11-9-14-5-7-15(8-6-14)25(18,23)24/h5-8,10,12H,3-4,9,11,13H2,1-2H3,(H2,18,23,24)(H,19,20,21). The molecule has 0 aliphatic carbocycles. The van der Waals surface area contributed by atoms with Gasteiger partial charge in [-0.2, -0.15) is 4.98 Å². The Labute approximate surface area is 149 Å². The lowest BCUT2D eigenvalue weighted by atomic mass is 10.1. The van der Waals surface area contributed by atoms with Crippen LogP contribution in [0.3, 0.4) is 0 Å². The molecule has 0 saturated heterocycles. The van der Waals surface area contributed by atoms with E-state index in [0.717, 1.165) is 37.2 Å². The van der Waals surface area contributed by atoms with Crippen LogP contribution in [-0.2, 0) is 16.4 Å². The van der Waals surface area contributed by atoms with Crippen LogP contribution in [0.4, 0.5) is 11.8 Å². The van der Waals surface area contributed by atoms with Crippen molar-refractivity contribution in [3.63, 3.8) is 0 Å². The number of nitrogens with two attached hydrogens (primary N) is 1. The van der Waals surface area contributed by atoms with Gasteiger partial charge >= 0.3 is 0 Å².